The van der Waals surface area contributed by atoms with E-state index in [0.29, 0.717) is 18.1 Å². The van der Waals surface area contributed by atoms with Crippen LogP contribution in [0.1, 0.15) is 30.9 Å². The fraction of sp³-hybridized carbons (Fsp3) is 0.615. The van der Waals surface area contributed by atoms with Gasteiger partial charge in [-0.3, -0.25) is 4.79 Å². The second-order valence-electron chi connectivity index (χ2n) is 5.41. The fourth-order valence-corrected chi connectivity index (χ4v) is 3.30. The van der Waals surface area contributed by atoms with Crippen molar-refractivity contribution in [2.75, 3.05) is 0 Å². The number of aromatic nitrogens is 1. The van der Waals surface area contributed by atoms with Gasteiger partial charge in [-0.05, 0) is 26.2 Å². The van der Waals surface area contributed by atoms with Crippen LogP contribution in [0.4, 0.5) is 4.79 Å². The van der Waals surface area contributed by atoms with Crippen molar-refractivity contribution in [3.63, 3.8) is 0 Å². The largest absolute Gasteiger partial charge is 0.481 e. The van der Waals surface area contributed by atoms with Gasteiger partial charge in [0.1, 0.15) is 5.76 Å². The van der Waals surface area contributed by atoms with Crippen LogP contribution in [-0.4, -0.2) is 39.1 Å². The Hall–Kier alpha value is -2.05. The molecule has 0 aliphatic carbocycles. The third-order valence-electron chi connectivity index (χ3n) is 4.15. The molecule has 2 amide bonds. The van der Waals surface area contributed by atoms with E-state index >= 15 is 0 Å². The molecule has 7 heteroatoms. The molecule has 1 aromatic rings. The summed E-state index contributed by atoms with van der Waals surface area (Å²) in [7, 11) is 0. The molecule has 2 fully saturated rings. The third-order valence-corrected chi connectivity index (χ3v) is 4.15. The molecule has 0 radical (unpaired) electrons. The Balaban J connectivity index is 1.62. The smallest absolute Gasteiger partial charge is 0.318 e. The van der Waals surface area contributed by atoms with Gasteiger partial charge in [-0.25, -0.2) is 9.78 Å². The second kappa shape index (κ2) is 4.81. The van der Waals surface area contributed by atoms with Gasteiger partial charge < -0.3 is 19.7 Å². The first-order valence-electron chi connectivity index (χ1n) is 6.76. The summed E-state index contributed by atoms with van der Waals surface area (Å²) < 4.78 is 5.29. The minimum atomic E-state index is -0.807. The molecule has 1 aromatic heterocycles. The molecule has 0 saturated carbocycles. The molecule has 7 nitrogen and oxygen atoms in total. The van der Waals surface area contributed by atoms with E-state index in [4.69, 9.17) is 9.52 Å². The normalized spacial score (nSPS) is 27.9. The highest BCUT2D eigenvalue weighted by Crippen LogP contribution is 2.41. The fourth-order valence-electron chi connectivity index (χ4n) is 3.30. The predicted molar refractivity (Wildman–Crippen MR) is 67.9 cm³/mol. The topological polar surface area (TPSA) is 95.7 Å². The number of carbonyl (C=O) groups is 2. The van der Waals surface area contributed by atoms with Crippen LogP contribution in [0.3, 0.4) is 0 Å². The zero-order valence-electron chi connectivity index (χ0n) is 11.2. The van der Waals surface area contributed by atoms with Crippen LogP contribution in [0.15, 0.2) is 10.6 Å². The van der Waals surface area contributed by atoms with Gasteiger partial charge in [-0.1, -0.05) is 0 Å². The minimum Gasteiger partial charge on any atom is -0.481 e. The maximum Gasteiger partial charge on any atom is 0.318 e. The molecule has 3 rings (SSSR count). The van der Waals surface area contributed by atoms with Crippen molar-refractivity contribution in [1.82, 2.24) is 15.2 Å². The van der Waals surface area contributed by atoms with Gasteiger partial charge in [0.15, 0.2) is 0 Å². The van der Waals surface area contributed by atoms with Crippen LogP contribution < -0.4 is 5.32 Å². The lowest BCUT2D eigenvalue weighted by atomic mass is 9.89. The van der Waals surface area contributed by atoms with Gasteiger partial charge >= 0.3 is 12.0 Å². The summed E-state index contributed by atoms with van der Waals surface area (Å²) >= 11 is 0. The summed E-state index contributed by atoms with van der Waals surface area (Å²) in [6.07, 6.45) is 3.82. The first-order valence-corrected chi connectivity index (χ1v) is 6.76. The van der Waals surface area contributed by atoms with Crippen molar-refractivity contribution in [3.8, 4) is 0 Å². The molecule has 0 spiro atoms. The van der Waals surface area contributed by atoms with Crippen LogP contribution in [-0.2, 0) is 11.3 Å². The Morgan fingerprint density at radius 2 is 2.35 bits per heavy atom. The average Bonchev–Trinajstić information content (AvgIpc) is 3.09. The SMILES string of the molecule is Cc1cnc(CNC(=O)N2C3CCC2C(C(=O)O)C3)o1. The number of urea groups is 1. The number of aliphatic carboxylic acids is 1. The van der Waals surface area contributed by atoms with E-state index in [1.165, 1.54) is 0 Å². The van der Waals surface area contributed by atoms with Crippen LogP contribution in [0.2, 0.25) is 0 Å². The molecule has 3 unspecified atom stereocenters. The number of hydrogen-bond donors (Lipinski definition) is 2. The maximum absolute atomic E-state index is 12.2. The number of rotatable bonds is 3. The molecule has 2 saturated heterocycles. The minimum absolute atomic E-state index is 0.0485. The maximum atomic E-state index is 12.2. The van der Waals surface area contributed by atoms with Crippen LogP contribution in [0, 0.1) is 12.8 Å². The Bertz CT molecular complexity index is 541. The van der Waals surface area contributed by atoms with Gasteiger partial charge in [0.25, 0.3) is 0 Å². The number of carbonyl (C=O) groups excluding carboxylic acids is 1. The molecule has 0 aromatic carbocycles. The monoisotopic (exact) mass is 279 g/mol. The lowest BCUT2D eigenvalue weighted by molar-refractivity contribution is -0.142. The van der Waals surface area contributed by atoms with Gasteiger partial charge in [0.2, 0.25) is 5.89 Å². The molecule has 2 N–H and O–H groups in total. The van der Waals surface area contributed by atoms with E-state index < -0.39 is 11.9 Å². The summed E-state index contributed by atoms with van der Waals surface area (Å²) in [5.74, 6) is -0.0829. The first-order chi connectivity index (χ1) is 9.56. The van der Waals surface area contributed by atoms with Gasteiger partial charge in [-0.2, -0.15) is 0 Å². The van der Waals surface area contributed by atoms with Crippen molar-refractivity contribution in [2.24, 2.45) is 5.92 Å². The molecule has 2 aliphatic heterocycles. The van der Waals surface area contributed by atoms with Crippen molar-refractivity contribution in [2.45, 2.75) is 44.8 Å². The number of carboxylic acid groups (broad SMARTS) is 1. The molecular formula is C13H17N3O4. The van der Waals surface area contributed by atoms with E-state index in [9.17, 15) is 9.59 Å². The van der Waals surface area contributed by atoms with E-state index in [-0.39, 0.29) is 24.7 Å². The van der Waals surface area contributed by atoms with Crippen LogP contribution in [0.5, 0.6) is 0 Å². The number of nitrogens with one attached hydrogen (secondary N) is 1. The van der Waals surface area contributed by atoms with E-state index in [0.717, 1.165) is 12.8 Å². The predicted octanol–water partition coefficient (Wildman–Crippen LogP) is 1.13. The summed E-state index contributed by atoms with van der Waals surface area (Å²) in [6, 6.07) is -0.353. The van der Waals surface area contributed by atoms with Crippen molar-refractivity contribution < 1.29 is 19.1 Å². The zero-order chi connectivity index (χ0) is 14.3. The number of amides is 2. The first kappa shape index (κ1) is 13.0. The van der Waals surface area contributed by atoms with Crippen molar-refractivity contribution in [1.29, 1.82) is 0 Å². The quantitative estimate of drug-likeness (QED) is 0.864. The highest BCUT2D eigenvalue weighted by molar-refractivity contribution is 5.79. The number of aryl methyl sites for hydroxylation is 1. The molecule has 2 aliphatic rings. The summed E-state index contributed by atoms with van der Waals surface area (Å²) in [5.41, 5.74) is 0. The zero-order valence-corrected chi connectivity index (χ0v) is 11.2. The van der Waals surface area contributed by atoms with Gasteiger partial charge in [-0.15, -0.1) is 0 Å². The van der Waals surface area contributed by atoms with E-state index in [1.54, 1.807) is 18.0 Å². The molecule has 108 valence electrons. The Morgan fingerprint density at radius 3 is 2.95 bits per heavy atom. The lowest BCUT2D eigenvalue weighted by Gasteiger charge is -2.23. The number of oxazole rings is 1. The number of hydrogen-bond acceptors (Lipinski definition) is 4. The Morgan fingerprint density at radius 1 is 1.55 bits per heavy atom. The van der Waals surface area contributed by atoms with E-state index in [1.807, 2.05) is 0 Å². The van der Waals surface area contributed by atoms with Crippen LogP contribution in [0.25, 0.3) is 0 Å². The standard InChI is InChI=1S/C13H17N3O4/c1-7-5-14-11(20-7)6-15-13(19)16-8-2-3-10(16)9(4-8)12(17)18/h5,8-10H,2-4,6H2,1H3,(H,15,19)(H,17,18). The second-order valence-corrected chi connectivity index (χ2v) is 5.41. The molecule has 3 heterocycles. The summed E-state index contributed by atoms with van der Waals surface area (Å²) in [4.78, 5) is 29.1. The average molecular weight is 279 g/mol. The van der Waals surface area contributed by atoms with Crippen molar-refractivity contribution >= 4 is 12.0 Å². The molecular weight excluding hydrogens is 262 g/mol. The number of carboxylic acids is 1. The van der Waals surface area contributed by atoms with Gasteiger partial charge in [0.05, 0.1) is 18.7 Å². The lowest BCUT2D eigenvalue weighted by Crippen LogP contribution is -2.44. The molecule has 2 bridgehead atoms. The van der Waals surface area contributed by atoms with Gasteiger partial charge in [0, 0.05) is 12.1 Å². The Labute approximate surface area is 116 Å². The Kier molecular flexibility index (Phi) is 3.11. The molecule has 20 heavy (non-hydrogen) atoms. The third kappa shape index (κ3) is 2.13. The van der Waals surface area contributed by atoms with Crippen molar-refractivity contribution in [3.05, 3.63) is 17.8 Å². The number of nitrogens with zero attached hydrogens (tertiary/aromatic N) is 2. The summed E-state index contributed by atoms with van der Waals surface area (Å²) in [6.45, 7) is 2.01. The van der Waals surface area contributed by atoms with Crippen LogP contribution >= 0.6 is 0 Å². The highest BCUT2D eigenvalue weighted by Gasteiger charge is 2.51. The van der Waals surface area contributed by atoms with E-state index in [2.05, 4.69) is 10.3 Å². The molecule has 3 atom stereocenters. The summed E-state index contributed by atoms with van der Waals surface area (Å²) in [5, 5.41) is 11.9. The highest BCUT2D eigenvalue weighted by atomic mass is 16.4. The number of fused-ring (bicyclic) bond motifs is 2.